The van der Waals surface area contributed by atoms with Crippen molar-refractivity contribution in [3.63, 3.8) is 0 Å². The van der Waals surface area contributed by atoms with Gasteiger partial charge < -0.3 is 0 Å². The highest BCUT2D eigenvalue weighted by atomic mass is 32.1. The fourth-order valence-electron chi connectivity index (χ4n) is 2.39. The first-order valence-corrected chi connectivity index (χ1v) is 8.33. The molecule has 4 rings (SSSR count). The van der Waals surface area contributed by atoms with Crippen LogP contribution in [0.3, 0.4) is 0 Å². The van der Waals surface area contributed by atoms with Gasteiger partial charge in [-0.15, -0.1) is 15.3 Å². The van der Waals surface area contributed by atoms with E-state index in [1.54, 1.807) is 0 Å². The largest absolute Gasteiger partial charge is 0.297 e. The predicted molar refractivity (Wildman–Crippen MR) is 93.6 cm³/mol. The van der Waals surface area contributed by atoms with E-state index < -0.39 is 5.91 Å². The van der Waals surface area contributed by atoms with Crippen molar-refractivity contribution in [2.75, 3.05) is 5.32 Å². The number of hydrogen-bond donors (Lipinski definition) is 1. The van der Waals surface area contributed by atoms with E-state index in [2.05, 4.69) is 30.6 Å². The van der Waals surface area contributed by atoms with Gasteiger partial charge in [-0.3, -0.25) is 10.1 Å². The van der Waals surface area contributed by atoms with E-state index in [1.165, 1.54) is 15.9 Å². The lowest BCUT2D eigenvalue weighted by atomic mass is 10.2. The standard InChI is InChI=1S/C16H13N7OS/c1-9-8-10(2)23-15(17-9)18-12(22-23)13(24)19-16-21-20-14(25-16)11-6-4-3-5-7-11/h3-8H,1-2H3,(H,19,21,24). The summed E-state index contributed by atoms with van der Waals surface area (Å²) in [6, 6.07) is 11.5. The minimum Gasteiger partial charge on any atom is -0.294 e. The SMILES string of the molecule is Cc1cc(C)n2nc(C(=O)Nc3nnc(-c4ccccc4)s3)nc2n1. The zero-order chi connectivity index (χ0) is 17.4. The lowest BCUT2D eigenvalue weighted by Crippen LogP contribution is -2.13. The average Bonchev–Trinajstić information content (AvgIpc) is 3.22. The number of aryl methyl sites for hydroxylation is 2. The molecule has 0 fully saturated rings. The molecule has 0 saturated carbocycles. The van der Waals surface area contributed by atoms with Crippen molar-refractivity contribution < 1.29 is 4.79 Å². The molecular formula is C16H13N7OS. The maximum absolute atomic E-state index is 12.4. The Labute approximate surface area is 146 Å². The molecule has 3 heterocycles. The van der Waals surface area contributed by atoms with Crippen molar-refractivity contribution in [1.29, 1.82) is 0 Å². The lowest BCUT2D eigenvalue weighted by Gasteiger charge is -1.97. The van der Waals surface area contributed by atoms with Gasteiger partial charge in [0.2, 0.25) is 11.0 Å². The van der Waals surface area contributed by atoms with Crippen molar-refractivity contribution in [2.45, 2.75) is 13.8 Å². The highest BCUT2D eigenvalue weighted by molar-refractivity contribution is 7.18. The Morgan fingerprint density at radius 3 is 2.72 bits per heavy atom. The summed E-state index contributed by atoms with van der Waals surface area (Å²) in [5.74, 6) is -0.0131. The van der Waals surface area contributed by atoms with Crippen LogP contribution in [0, 0.1) is 13.8 Å². The quantitative estimate of drug-likeness (QED) is 0.609. The Morgan fingerprint density at radius 2 is 1.92 bits per heavy atom. The van der Waals surface area contributed by atoms with E-state index in [0.717, 1.165) is 22.0 Å². The van der Waals surface area contributed by atoms with Crippen LogP contribution in [0.5, 0.6) is 0 Å². The Balaban J connectivity index is 1.58. The van der Waals surface area contributed by atoms with Gasteiger partial charge in [0, 0.05) is 17.0 Å². The normalized spacial score (nSPS) is 11.0. The zero-order valence-corrected chi connectivity index (χ0v) is 14.3. The van der Waals surface area contributed by atoms with Gasteiger partial charge in [0.15, 0.2) is 0 Å². The van der Waals surface area contributed by atoms with E-state index in [0.29, 0.717) is 10.9 Å². The first kappa shape index (κ1) is 15.3. The Bertz CT molecular complexity index is 1070. The van der Waals surface area contributed by atoms with Crippen molar-refractivity contribution in [3.05, 3.63) is 53.6 Å². The van der Waals surface area contributed by atoms with Crippen LogP contribution >= 0.6 is 11.3 Å². The number of aromatic nitrogens is 6. The number of hydrogen-bond acceptors (Lipinski definition) is 7. The Hall–Kier alpha value is -3.20. The van der Waals surface area contributed by atoms with E-state index in [-0.39, 0.29) is 5.82 Å². The van der Waals surface area contributed by atoms with Crippen molar-refractivity contribution in [2.24, 2.45) is 0 Å². The third kappa shape index (κ3) is 2.96. The summed E-state index contributed by atoms with van der Waals surface area (Å²) < 4.78 is 1.54. The maximum atomic E-state index is 12.4. The number of carbonyl (C=O) groups excluding carboxylic acids is 1. The van der Waals surface area contributed by atoms with Gasteiger partial charge in [0.05, 0.1) is 0 Å². The van der Waals surface area contributed by atoms with Crippen LogP contribution in [0.15, 0.2) is 36.4 Å². The lowest BCUT2D eigenvalue weighted by molar-refractivity contribution is 0.101. The molecule has 9 heteroatoms. The van der Waals surface area contributed by atoms with Gasteiger partial charge in [-0.05, 0) is 19.9 Å². The molecule has 0 bridgehead atoms. The predicted octanol–water partition coefficient (Wildman–Crippen LogP) is 2.51. The molecule has 0 atom stereocenters. The van der Waals surface area contributed by atoms with E-state index in [1.807, 2.05) is 50.2 Å². The number of carbonyl (C=O) groups is 1. The summed E-state index contributed by atoms with van der Waals surface area (Å²) in [4.78, 5) is 20.8. The van der Waals surface area contributed by atoms with Crippen molar-refractivity contribution >= 4 is 28.2 Å². The second kappa shape index (κ2) is 6.02. The molecule has 1 aromatic carbocycles. The number of rotatable bonds is 3. The van der Waals surface area contributed by atoms with E-state index in [4.69, 9.17) is 0 Å². The molecule has 8 nitrogen and oxygen atoms in total. The molecule has 124 valence electrons. The molecule has 0 spiro atoms. The van der Waals surface area contributed by atoms with Crippen molar-refractivity contribution in [3.8, 4) is 10.6 Å². The average molecular weight is 351 g/mol. The summed E-state index contributed by atoms with van der Waals surface area (Å²) in [6.45, 7) is 3.75. The van der Waals surface area contributed by atoms with Crippen LogP contribution in [-0.4, -0.2) is 35.7 Å². The van der Waals surface area contributed by atoms with E-state index in [9.17, 15) is 4.79 Å². The molecular weight excluding hydrogens is 338 g/mol. The molecule has 0 aliphatic rings. The molecule has 25 heavy (non-hydrogen) atoms. The third-order valence-corrected chi connectivity index (χ3v) is 4.38. The summed E-state index contributed by atoms with van der Waals surface area (Å²) in [5.41, 5.74) is 2.62. The van der Waals surface area contributed by atoms with Crippen LogP contribution in [0.4, 0.5) is 5.13 Å². The molecule has 4 aromatic rings. The summed E-state index contributed by atoms with van der Waals surface area (Å²) in [6.07, 6.45) is 0. The van der Waals surface area contributed by atoms with Crippen LogP contribution in [-0.2, 0) is 0 Å². The molecule has 0 aliphatic carbocycles. The Morgan fingerprint density at radius 1 is 1.12 bits per heavy atom. The molecule has 0 unspecified atom stereocenters. The van der Waals surface area contributed by atoms with Gasteiger partial charge in [-0.25, -0.2) is 9.50 Å². The molecule has 0 aliphatic heterocycles. The molecule has 1 N–H and O–H groups in total. The number of benzene rings is 1. The smallest absolute Gasteiger partial charge is 0.294 e. The van der Waals surface area contributed by atoms with Gasteiger partial charge in [-0.1, -0.05) is 41.7 Å². The fraction of sp³-hybridized carbons (Fsp3) is 0.125. The maximum Gasteiger partial charge on any atom is 0.297 e. The van der Waals surface area contributed by atoms with Crippen molar-refractivity contribution in [1.82, 2.24) is 29.8 Å². The fourth-order valence-corrected chi connectivity index (χ4v) is 3.13. The number of nitrogens with one attached hydrogen (secondary N) is 1. The summed E-state index contributed by atoms with van der Waals surface area (Å²) >= 11 is 1.29. The zero-order valence-electron chi connectivity index (χ0n) is 13.5. The van der Waals surface area contributed by atoms with Crippen LogP contribution in [0.1, 0.15) is 22.0 Å². The number of anilines is 1. The molecule has 0 saturated heterocycles. The summed E-state index contributed by atoms with van der Waals surface area (Å²) in [7, 11) is 0. The van der Waals surface area contributed by atoms with Gasteiger partial charge in [0.25, 0.3) is 11.7 Å². The van der Waals surface area contributed by atoms with Crippen LogP contribution in [0.25, 0.3) is 16.3 Å². The third-order valence-electron chi connectivity index (χ3n) is 3.49. The number of fused-ring (bicyclic) bond motifs is 1. The minimum atomic E-state index is -0.446. The second-order valence-corrected chi connectivity index (χ2v) is 6.40. The monoisotopic (exact) mass is 351 g/mol. The second-order valence-electron chi connectivity index (χ2n) is 5.42. The molecule has 1 amide bonds. The first-order chi connectivity index (χ1) is 12.1. The van der Waals surface area contributed by atoms with E-state index >= 15 is 0 Å². The Kier molecular flexibility index (Phi) is 3.69. The first-order valence-electron chi connectivity index (χ1n) is 7.51. The van der Waals surface area contributed by atoms with Gasteiger partial charge >= 0.3 is 0 Å². The number of amides is 1. The topological polar surface area (TPSA) is 98.0 Å². The highest BCUT2D eigenvalue weighted by Gasteiger charge is 2.17. The molecule has 0 radical (unpaired) electrons. The van der Waals surface area contributed by atoms with Gasteiger partial charge in [0.1, 0.15) is 5.01 Å². The van der Waals surface area contributed by atoms with Gasteiger partial charge in [-0.2, -0.15) is 4.98 Å². The van der Waals surface area contributed by atoms with Crippen LogP contribution < -0.4 is 5.32 Å². The van der Waals surface area contributed by atoms with Crippen LogP contribution in [0.2, 0.25) is 0 Å². The summed E-state index contributed by atoms with van der Waals surface area (Å²) in [5, 5.41) is 16.1. The number of nitrogens with zero attached hydrogens (tertiary/aromatic N) is 6. The highest BCUT2D eigenvalue weighted by Crippen LogP contribution is 2.26. The minimum absolute atomic E-state index is 0.0395. The molecule has 3 aromatic heterocycles.